The summed E-state index contributed by atoms with van der Waals surface area (Å²) in [5.74, 6) is -0.0833. The molecular formula is C19H28N2O. The van der Waals surface area contributed by atoms with Crippen molar-refractivity contribution in [1.82, 2.24) is 0 Å². The Labute approximate surface area is 135 Å². The van der Waals surface area contributed by atoms with Gasteiger partial charge in [-0.15, -0.1) is 0 Å². The lowest BCUT2D eigenvalue weighted by Gasteiger charge is -2.00. The summed E-state index contributed by atoms with van der Waals surface area (Å²) in [6.07, 6.45) is 2.22. The van der Waals surface area contributed by atoms with Gasteiger partial charge in [0, 0.05) is 26.2 Å². The summed E-state index contributed by atoms with van der Waals surface area (Å²) in [6, 6.07) is 8.59. The van der Waals surface area contributed by atoms with E-state index in [-0.39, 0.29) is 5.78 Å². The summed E-state index contributed by atoms with van der Waals surface area (Å²) in [5, 5.41) is 0. The van der Waals surface area contributed by atoms with Crippen LogP contribution in [0.25, 0.3) is 0 Å². The predicted octanol–water partition coefficient (Wildman–Crippen LogP) is 4.26. The largest absolute Gasteiger partial charge is 0.304 e. The van der Waals surface area contributed by atoms with E-state index >= 15 is 0 Å². The molecule has 0 atom stereocenters. The Morgan fingerprint density at radius 3 is 1.91 bits per heavy atom. The molecule has 0 saturated carbocycles. The van der Waals surface area contributed by atoms with Gasteiger partial charge in [-0.05, 0) is 44.7 Å². The zero-order valence-corrected chi connectivity index (χ0v) is 14.5. The molecule has 0 fully saturated rings. The van der Waals surface area contributed by atoms with Crippen molar-refractivity contribution in [3.8, 4) is 0 Å². The molecule has 0 N–H and O–H groups in total. The van der Waals surface area contributed by atoms with E-state index in [4.69, 9.17) is 0 Å². The minimum absolute atomic E-state index is 0.0833. The standard InChI is InChI=1S/C11H15N.C6H8O.C2H5N/c1-9-4-6-11(7-5-9)8-10(2)12-3;1-4-6(7)5(2)3;1-3-2/h4-7H,8H2,1-3H3;4H,1-2H2,3H3;1H2,2H3. The molecule has 1 rings (SSSR count). The first kappa shape index (κ1) is 22.0. The fraction of sp³-hybridized carbons (Fsp3) is 0.316. The van der Waals surface area contributed by atoms with E-state index in [1.807, 2.05) is 7.05 Å². The number of allylic oxidation sites excluding steroid dienone is 2. The highest BCUT2D eigenvalue weighted by molar-refractivity contribution is 6.02. The monoisotopic (exact) mass is 300 g/mol. The van der Waals surface area contributed by atoms with Gasteiger partial charge in [-0.3, -0.25) is 9.79 Å². The number of ketones is 1. The number of nitrogens with zero attached hydrogens (tertiary/aromatic N) is 2. The van der Waals surface area contributed by atoms with Crippen LogP contribution in [0.15, 0.2) is 59.1 Å². The molecule has 1 aromatic rings. The normalized spacial score (nSPS) is 9.41. The molecule has 0 aliphatic carbocycles. The van der Waals surface area contributed by atoms with E-state index in [0.29, 0.717) is 5.57 Å². The van der Waals surface area contributed by atoms with E-state index < -0.39 is 0 Å². The smallest absolute Gasteiger partial charge is 0.180 e. The van der Waals surface area contributed by atoms with Gasteiger partial charge in [0.2, 0.25) is 0 Å². The van der Waals surface area contributed by atoms with Gasteiger partial charge in [0.05, 0.1) is 0 Å². The second-order valence-electron chi connectivity index (χ2n) is 4.79. The number of hydrogen-bond donors (Lipinski definition) is 0. The maximum absolute atomic E-state index is 10.3. The molecule has 0 radical (unpaired) electrons. The topological polar surface area (TPSA) is 41.8 Å². The van der Waals surface area contributed by atoms with Gasteiger partial charge >= 0.3 is 0 Å². The third-order valence-corrected chi connectivity index (χ3v) is 2.57. The van der Waals surface area contributed by atoms with Gasteiger partial charge in [0.15, 0.2) is 5.78 Å². The third-order valence-electron chi connectivity index (χ3n) is 2.57. The number of carbonyl (C=O) groups is 1. The minimum atomic E-state index is -0.0833. The van der Waals surface area contributed by atoms with Crippen LogP contribution < -0.4 is 0 Å². The van der Waals surface area contributed by atoms with Crippen molar-refractivity contribution in [3.05, 3.63) is 60.2 Å². The van der Waals surface area contributed by atoms with E-state index in [1.165, 1.54) is 22.9 Å². The lowest BCUT2D eigenvalue weighted by Crippen LogP contribution is -1.96. The second kappa shape index (κ2) is 13.7. The Morgan fingerprint density at radius 1 is 1.18 bits per heavy atom. The van der Waals surface area contributed by atoms with Gasteiger partial charge in [-0.2, -0.15) is 0 Å². The molecule has 3 nitrogen and oxygen atoms in total. The quantitative estimate of drug-likeness (QED) is 0.605. The Morgan fingerprint density at radius 2 is 1.64 bits per heavy atom. The van der Waals surface area contributed by atoms with Gasteiger partial charge < -0.3 is 4.99 Å². The molecule has 0 bridgehead atoms. The number of aliphatic imine (C=N–C) groups is 2. The molecule has 0 amide bonds. The van der Waals surface area contributed by atoms with Crippen molar-refractivity contribution in [2.24, 2.45) is 9.98 Å². The van der Waals surface area contributed by atoms with E-state index in [0.717, 1.165) is 6.42 Å². The molecular weight excluding hydrogens is 272 g/mol. The molecule has 120 valence electrons. The van der Waals surface area contributed by atoms with Crippen LogP contribution in [0.4, 0.5) is 0 Å². The Hall–Kier alpha value is -2.29. The van der Waals surface area contributed by atoms with E-state index in [2.05, 4.69) is 68.0 Å². The second-order valence-corrected chi connectivity index (χ2v) is 4.79. The van der Waals surface area contributed by atoms with Crippen molar-refractivity contribution >= 4 is 18.2 Å². The van der Waals surface area contributed by atoms with Gasteiger partial charge in [0.1, 0.15) is 0 Å². The average Bonchev–Trinajstić information content (AvgIpc) is 2.50. The van der Waals surface area contributed by atoms with Crippen molar-refractivity contribution in [2.75, 3.05) is 14.1 Å². The highest BCUT2D eigenvalue weighted by Crippen LogP contribution is 2.04. The Kier molecular flexibility index (Phi) is 13.7. The summed E-state index contributed by atoms with van der Waals surface area (Å²) in [7, 11) is 3.48. The molecule has 22 heavy (non-hydrogen) atoms. The summed E-state index contributed by atoms with van der Waals surface area (Å²) in [4.78, 5) is 17.7. The maximum atomic E-state index is 10.3. The number of benzene rings is 1. The molecule has 0 spiro atoms. The van der Waals surface area contributed by atoms with Crippen molar-refractivity contribution in [3.63, 3.8) is 0 Å². The number of carbonyl (C=O) groups excluding carboxylic acids is 1. The lowest BCUT2D eigenvalue weighted by atomic mass is 10.1. The Bertz CT molecular complexity index is 511. The summed E-state index contributed by atoms with van der Waals surface area (Å²) in [5.41, 5.74) is 4.36. The Balaban J connectivity index is 0. The van der Waals surface area contributed by atoms with Crippen molar-refractivity contribution < 1.29 is 4.79 Å². The first-order valence-corrected chi connectivity index (χ1v) is 6.97. The van der Waals surface area contributed by atoms with Crippen LogP contribution in [-0.4, -0.2) is 32.3 Å². The lowest BCUT2D eigenvalue weighted by molar-refractivity contribution is -0.111. The van der Waals surface area contributed by atoms with E-state index in [9.17, 15) is 4.79 Å². The molecule has 1 aromatic carbocycles. The van der Waals surface area contributed by atoms with E-state index in [1.54, 1.807) is 14.0 Å². The number of hydrogen-bond acceptors (Lipinski definition) is 3. The van der Waals surface area contributed by atoms with Crippen LogP contribution in [0, 0.1) is 6.92 Å². The predicted molar refractivity (Wildman–Crippen MR) is 99.4 cm³/mol. The van der Waals surface area contributed by atoms with Gasteiger partial charge in [0.25, 0.3) is 0 Å². The van der Waals surface area contributed by atoms with Crippen LogP contribution in [0.3, 0.4) is 0 Å². The van der Waals surface area contributed by atoms with Crippen LogP contribution >= 0.6 is 0 Å². The fourth-order valence-electron chi connectivity index (χ4n) is 1.25. The molecule has 0 aliphatic rings. The minimum Gasteiger partial charge on any atom is -0.304 e. The molecule has 0 saturated heterocycles. The first-order valence-electron chi connectivity index (χ1n) is 6.97. The highest BCUT2D eigenvalue weighted by Gasteiger charge is 1.93. The number of rotatable bonds is 4. The maximum Gasteiger partial charge on any atom is 0.180 e. The van der Waals surface area contributed by atoms with Crippen LogP contribution in [0.2, 0.25) is 0 Å². The van der Waals surface area contributed by atoms with Gasteiger partial charge in [-0.1, -0.05) is 43.0 Å². The summed E-state index contributed by atoms with van der Waals surface area (Å²) >= 11 is 0. The SMILES string of the molecule is C=CC(=O)C(=C)C.C=NC.CN=C(C)Cc1ccc(C)cc1. The summed E-state index contributed by atoms with van der Waals surface area (Å²) in [6.45, 7) is 15.6. The van der Waals surface area contributed by atoms with Crippen LogP contribution in [0.1, 0.15) is 25.0 Å². The van der Waals surface area contributed by atoms with Gasteiger partial charge in [-0.25, -0.2) is 0 Å². The molecule has 0 unspecified atom stereocenters. The van der Waals surface area contributed by atoms with Crippen LogP contribution in [-0.2, 0) is 11.2 Å². The summed E-state index contributed by atoms with van der Waals surface area (Å²) < 4.78 is 0. The zero-order chi connectivity index (χ0) is 17.5. The fourth-order valence-corrected chi connectivity index (χ4v) is 1.25. The molecule has 0 aliphatic heterocycles. The molecule has 3 heteroatoms. The average molecular weight is 300 g/mol. The highest BCUT2D eigenvalue weighted by atomic mass is 16.1. The molecule has 0 heterocycles. The number of aryl methyl sites for hydroxylation is 1. The molecule has 0 aromatic heterocycles. The third kappa shape index (κ3) is 12.7. The van der Waals surface area contributed by atoms with Crippen LogP contribution in [0.5, 0.6) is 0 Å². The zero-order valence-electron chi connectivity index (χ0n) is 14.5. The van der Waals surface area contributed by atoms with Crippen molar-refractivity contribution in [2.45, 2.75) is 27.2 Å². The van der Waals surface area contributed by atoms with Crippen molar-refractivity contribution in [1.29, 1.82) is 0 Å². The first-order chi connectivity index (χ1) is 10.3.